The van der Waals surface area contributed by atoms with Gasteiger partial charge in [-0.1, -0.05) is 23.7 Å². The fourth-order valence-electron chi connectivity index (χ4n) is 2.62. The van der Waals surface area contributed by atoms with E-state index < -0.39 is 11.8 Å². The van der Waals surface area contributed by atoms with Crippen molar-refractivity contribution in [1.29, 1.82) is 0 Å². The molecule has 0 spiro atoms. The number of benzene rings is 1. The third kappa shape index (κ3) is 2.69. The van der Waals surface area contributed by atoms with E-state index in [1.807, 2.05) is 24.3 Å². The summed E-state index contributed by atoms with van der Waals surface area (Å²) in [6.07, 6.45) is 0.492. The van der Waals surface area contributed by atoms with Gasteiger partial charge in [0.1, 0.15) is 11.1 Å². The molecular weight excluding hydrogens is 290 g/mol. The molecule has 2 heterocycles. The van der Waals surface area contributed by atoms with Gasteiger partial charge in [-0.05, 0) is 30.2 Å². The van der Waals surface area contributed by atoms with Gasteiger partial charge in [-0.2, -0.15) is 0 Å². The van der Waals surface area contributed by atoms with E-state index in [0.717, 1.165) is 16.5 Å². The van der Waals surface area contributed by atoms with Gasteiger partial charge in [-0.15, -0.1) is 0 Å². The highest BCUT2D eigenvalue weighted by Gasteiger charge is 2.35. The van der Waals surface area contributed by atoms with Gasteiger partial charge in [0.2, 0.25) is 11.8 Å². The first kappa shape index (κ1) is 13.8. The van der Waals surface area contributed by atoms with Crippen LogP contribution < -0.4 is 5.73 Å². The zero-order valence-corrected chi connectivity index (χ0v) is 12.0. The van der Waals surface area contributed by atoms with Crippen LogP contribution in [0.1, 0.15) is 12.0 Å². The molecule has 6 heteroatoms. The highest BCUT2D eigenvalue weighted by molar-refractivity contribution is 6.29. The number of nitrogens with zero attached hydrogens (tertiary/aromatic N) is 2. The van der Waals surface area contributed by atoms with Crippen LogP contribution in [-0.2, 0) is 16.1 Å². The molecule has 1 fully saturated rings. The maximum Gasteiger partial charge on any atom is 0.235 e. The second kappa shape index (κ2) is 5.33. The monoisotopic (exact) mass is 303 g/mol. The summed E-state index contributed by atoms with van der Waals surface area (Å²) >= 11 is 5.89. The molecule has 108 valence electrons. The lowest BCUT2D eigenvalue weighted by Gasteiger charge is -2.16. The molecule has 1 saturated heterocycles. The Morgan fingerprint density at radius 1 is 1.38 bits per heavy atom. The zero-order chi connectivity index (χ0) is 15.0. The summed E-state index contributed by atoms with van der Waals surface area (Å²) in [5.41, 5.74) is 6.97. The smallest absolute Gasteiger partial charge is 0.235 e. The Labute approximate surface area is 126 Å². The lowest BCUT2D eigenvalue weighted by atomic mass is 10.1. The Morgan fingerprint density at radius 3 is 2.86 bits per heavy atom. The fraction of sp³-hybridized carbons (Fsp3) is 0.267. The minimum atomic E-state index is -0.682. The standard InChI is InChI=1S/C15H14ClN3O2/c16-13-4-3-10-2-1-9(7-12(10)18-13)8-19-6-5-11(14(17)20)15(19)21/h1-4,7,11H,5-6,8H2,(H2,17,20)/t11-/m0/s1. The first-order valence-electron chi connectivity index (χ1n) is 6.68. The van der Waals surface area contributed by atoms with Crippen molar-refractivity contribution in [2.75, 3.05) is 6.54 Å². The molecule has 21 heavy (non-hydrogen) atoms. The van der Waals surface area contributed by atoms with Gasteiger partial charge in [-0.25, -0.2) is 4.98 Å². The third-order valence-electron chi connectivity index (χ3n) is 3.74. The molecule has 0 bridgehead atoms. The lowest BCUT2D eigenvalue weighted by molar-refractivity contribution is -0.136. The third-order valence-corrected chi connectivity index (χ3v) is 3.95. The van der Waals surface area contributed by atoms with Crippen molar-refractivity contribution in [3.8, 4) is 0 Å². The Morgan fingerprint density at radius 2 is 2.14 bits per heavy atom. The molecule has 5 nitrogen and oxygen atoms in total. The molecule has 0 radical (unpaired) electrons. The Kier molecular flexibility index (Phi) is 3.51. The summed E-state index contributed by atoms with van der Waals surface area (Å²) in [6, 6.07) is 9.44. The summed E-state index contributed by atoms with van der Waals surface area (Å²) in [4.78, 5) is 29.1. The molecule has 0 saturated carbocycles. The second-order valence-corrected chi connectivity index (χ2v) is 5.55. The topological polar surface area (TPSA) is 76.3 Å². The van der Waals surface area contributed by atoms with Crippen LogP contribution in [0.15, 0.2) is 30.3 Å². The first-order valence-corrected chi connectivity index (χ1v) is 7.06. The minimum Gasteiger partial charge on any atom is -0.369 e. The summed E-state index contributed by atoms with van der Waals surface area (Å²) in [6.45, 7) is 1.00. The van der Waals surface area contributed by atoms with Crippen LogP contribution in [0.5, 0.6) is 0 Å². The van der Waals surface area contributed by atoms with Crippen LogP contribution in [0, 0.1) is 5.92 Å². The number of hydrogen-bond acceptors (Lipinski definition) is 3. The highest BCUT2D eigenvalue weighted by Crippen LogP contribution is 2.22. The van der Waals surface area contributed by atoms with Crippen molar-refractivity contribution in [1.82, 2.24) is 9.88 Å². The van der Waals surface area contributed by atoms with Gasteiger partial charge in [-0.3, -0.25) is 9.59 Å². The molecule has 1 atom stereocenters. The van der Waals surface area contributed by atoms with Gasteiger partial charge < -0.3 is 10.6 Å². The number of nitrogens with two attached hydrogens (primary N) is 1. The van der Waals surface area contributed by atoms with Crippen LogP contribution in [0.2, 0.25) is 5.15 Å². The van der Waals surface area contributed by atoms with Crippen molar-refractivity contribution in [2.24, 2.45) is 11.7 Å². The van der Waals surface area contributed by atoms with Gasteiger partial charge >= 0.3 is 0 Å². The number of carbonyl (C=O) groups excluding carboxylic acids is 2. The summed E-state index contributed by atoms with van der Waals surface area (Å²) in [5.74, 6) is -1.42. The highest BCUT2D eigenvalue weighted by atomic mass is 35.5. The number of pyridine rings is 1. The molecule has 0 aliphatic carbocycles. The van der Waals surface area contributed by atoms with E-state index in [2.05, 4.69) is 4.98 Å². The van der Waals surface area contributed by atoms with E-state index in [1.165, 1.54) is 0 Å². The number of aromatic nitrogens is 1. The van der Waals surface area contributed by atoms with Gasteiger partial charge in [0, 0.05) is 18.5 Å². The number of primary amides is 1. The van der Waals surface area contributed by atoms with Crippen LogP contribution in [0.4, 0.5) is 0 Å². The molecular formula is C15H14ClN3O2. The summed E-state index contributed by atoms with van der Waals surface area (Å²) in [7, 11) is 0. The molecule has 2 aromatic rings. The van der Waals surface area contributed by atoms with Crippen molar-refractivity contribution >= 4 is 34.3 Å². The fourth-order valence-corrected chi connectivity index (χ4v) is 2.77. The number of halogens is 1. The van der Waals surface area contributed by atoms with Crippen LogP contribution in [-0.4, -0.2) is 28.2 Å². The van der Waals surface area contributed by atoms with Gasteiger partial charge in [0.25, 0.3) is 0 Å². The largest absolute Gasteiger partial charge is 0.369 e. The molecule has 3 rings (SSSR count). The quantitative estimate of drug-likeness (QED) is 0.693. The first-order chi connectivity index (χ1) is 10.0. The minimum absolute atomic E-state index is 0.193. The number of likely N-dealkylation sites (tertiary alicyclic amines) is 1. The summed E-state index contributed by atoms with van der Waals surface area (Å²) < 4.78 is 0. The molecule has 1 aliphatic heterocycles. The molecule has 1 aromatic heterocycles. The number of hydrogen-bond donors (Lipinski definition) is 1. The molecule has 0 unspecified atom stereocenters. The van der Waals surface area contributed by atoms with Crippen LogP contribution in [0.25, 0.3) is 10.9 Å². The molecule has 1 aromatic carbocycles. The van der Waals surface area contributed by atoms with Crippen LogP contribution in [0.3, 0.4) is 0 Å². The maximum atomic E-state index is 12.1. The van der Waals surface area contributed by atoms with E-state index >= 15 is 0 Å². The van der Waals surface area contributed by atoms with E-state index in [9.17, 15) is 9.59 Å². The van der Waals surface area contributed by atoms with E-state index in [4.69, 9.17) is 17.3 Å². The number of carbonyl (C=O) groups is 2. The normalized spacial score (nSPS) is 18.4. The second-order valence-electron chi connectivity index (χ2n) is 5.16. The number of rotatable bonds is 3. The predicted molar refractivity (Wildman–Crippen MR) is 79.5 cm³/mol. The zero-order valence-electron chi connectivity index (χ0n) is 11.3. The molecule has 1 aliphatic rings. The SMILES string of the molecule is NC(=O)[C@@H]1CCN(Cc2ccc3ccc(Cl)nc3c2)C1=O. The Bertz CT molecular complexity index is 732. The molecule has 2 N–H and O–H groups in total. The maximum absolute atomic E-state index is 12.1. The van der Waals surface area contributed by atoms with E-state index in [0.29, 0.717) is 24.7 Å². The molecule has 2 amide bonds. The van der Waals surface area contributed by atoms with Crippen molar-refractivity contribution < 1.29 is 9.59 Å². The Balaban J connectivity index is 1.82. The lowest BCUT2D eigenvalue weighted by Crippen LogP contribution is -2.33. The van der Waals surface area contributed by atoms with Gasteiger partial charge in [0.05, 0.1) is 5.52 Å². The average Bonchev–Trinajstić information content (AvgIpc) is 2.80. The van der Waals surface area contributed by atoms with E-state index in [1.54, 1.807) is 11.0 Å². The Hall–Kier alpha value is -2.14. The number of fused-ring (bicyclic) bond motifs is 1. The average molecular weight is 304 g/mol. The van der Waals surface area contributed by atoms with Gasteiger partial charge in [0.15, 0.2) is 0 Å². The van der Waals surface area contributed by atoms with Crippen molar-refractivity contribution in [3.05, 3.63) is 41.0 Å². The van der Waals surface area contributed by atoms with Crippen molar-refractivity contribution in [3.63, 3.8) is 0 Å². The van der Waals surface area contributed by atoms with Crippen LogP contribution >= 0.6 is 11.6 Å². The van der Waals surface area contributed by atoms with Crippen molar-refractivity contribution in [2.45, 2.75) is 13.0 Å². The predicted octanol–water partition coefficient (Wildman–Crippen LogP) is 1.72. The van der Waals surface area contributed by atoms with E-state index in [-0.39, 0.29) is 5.91 Å². The summed E-state index contributed by atoms with van der Waals surface area (Å²) in [5, 5.41) is 1.43. The number of amides is 2.